The van der Waals surface area contributed by atoms with Crippen LogP contribution in [0.2, 0.25) is 0 Å². The number of esters is 1. The topological polar surface area (TPSA) is 99.0 Å². The van der Waals surface area contributed by atoms with Crippen LogP contribution in [0.25, 0.3) is 0 Å². The zero-order chi connectivity index (χ0) is 18.1. The number of benzene rings is 1. The maximum Gasteiger partial charge on any atom is 0.310 e. The van der Waals surface area contributed by atoms with Crippen LogP contribution < -0.4 is 0 Å². The van der Waals surface area contributed by atoms with Gasteiger partial charge in [-0.25, -0.2) is 0 Å². The number of methoxy groups -OCH3 is 2. The molecule has 132 valence electrons. The van der Waals surface area contributed by atoms with Crippen LogP contribution >= 0.6 is 0 Å². The fourth-order valence-corrected chi connectivity index (χ4v) is 2.19. The van der Waals surface area contributed by atoms with Crippen molar-refractivity contribution in [2.24, 2.45) is 5.92 Å². The van der Waals surface area contributed by atoms with Crippen LogP contribution in [0.5, 0.6) is 0 Å². The SMILES string of the molecule is COCCCN(CC(C)C(=O)OC)C(=O)c1ccc([N+](=O)[O-])cc1. The van der Waals surface area contributed by atoms with Crippen molar-refractivity contribution < 1.29 is 24.0 Å². The molecule has 0 spiro atoms. The molecule has 0 N–H and O–H groups in total. The molecule has 1 amide bonds. The van der Waals surface area contributed by atoms with E-state index in [1.165, 1.54) is 36.3 Å². The van der Waals surface area contributed by atoms with Gasteiger partial charge in [0.1, 0.15) is 0 Å². The van der Waals surface area contributed by atoms with Gasteiger partial charge in [0.05, 0.1) is 18.0 Å². The standard InChI is InChI=1S/C16H22N2O6/c1-12(16(20)24-3)11-17(9-4-10-23-2)15(19)13-5-7-14(8-6-13)18(21)22/h5-8,12H,4,9-11H2,1-3H3. The first-order chi connectivity index (χ1) is 11.4. The molecule has 8 nitrogen and oxygen atoms in total. The van der Waals surface area contributed by atoms with Crippen molar-refractivity contribution >= 4 is 17.6 Å². The molecule has 1 aromatic rings. The van der Waals surface area contributed by atoms with E-state index in [0.29, 0.717) is 25.1 Å². The number of nitrogens with zero attached hydrogens (tertiary/aromatic N) is 2. The lowest BCUT2D eigenvalue weighted by Gasteiger charge is -2.25. The quantitative estimate of drug-likeness (QED) is 0.295. The molecule has 0 aliphatic heterocycles. The lowest BCUT2D eigenvalue weighted by atomic mass is 10.1. The smallest absolute Gasteiger partial charge is 0.310 e. The number of rotatable bonds is 9. The molecule has 0 heterocycles. The van der Waals surface area contributed by atoms with Crippen molar-refractivity contribution in [1.82, 2.24) is 4.90 Å². The summed E-state index contributed by atoms with van der Waals surface area (Å²) < 4.78 is 9.68. The molecule has 8 heteroatoms. The van der Waals surface area contributed by atoms with Gasteiger partial charge in [-0.2, -0.15) is 0 Å². The highest BCUT2D eigenvalue weighted by molar-refractivity contribution is 5.94. The van der Waals surface area contributed by atoms with E-state index in [9.17, 15) is 19.7 Å². The highest BCUT2D eigenvalue weighted by Crippen LogP contribution is 2.15. The second-order valence-corrected chi connectivity index (χ2v) is 5.33. The van der Waals surface area contributed by atoms with Crippen molar-refractivity contribution in [2.45, 2.75) is 13.3 Å². The number of nitro groups is 1. The fourth-order valence-electron chi connectivity index (χ4n) is 2.19. The largest absolute Gasteiger partial charge is 0.469 e. The highest BCUT2D eigenvalue weighted by Gasteiger charge is 2.22. The Labute approximate surface area is 140 Å². The molecule has 24 heavy (non-hydrogen) atoms. The van der Waals surface area contributed by atoms with Crippen LogP contribution in [0.1, 0.15) is 23.7 Å². The molecule has 0 fully saturated rings. The van der Waals surface area contributed by atoms with Gasteiger partial charge in [-0.05, 0) is 18.6 Å². The number of amides is 1. The summed E-state index contributed by atoms with van der Waals surface area (Å²) in [5.41, 5.74) is 0.246. The molecule has 0 bridgehead atoms. The Balaban J connectivity index is 2.88. The van der Waals surface area contributed by atoms with E-state index in [4.69, 9.17) is 4.74 Å². The first kappa shape index (κ1) is 19.6. The number of ether oxygens (including phenoxy) is 2. The molecule has 1 unspecified atom stereocenters. The Morgan fingerprint density at radius 2 is 1.88 bits per heavy atom. The van der Waals surface area contributed by atoms with Gasteiger partial charge in [-0.1, -0.05) is 6.92 Å². The molecule has 1 rings (SSSR count). The molecule has 0 saturated heterocycles. The molecular weight excluding hydrogens is 316 g/mol. The van der Waals surface area contributed by atoms with E-state index in [-0.39, 0.29) is 18.1 Å². The Morgan fingerprint density at radius 1 is 1.25 bits per heavy atom. The highest BCUT2D eigenvalue weighted by atomic mass is 16.6. The summed E-state index contributed by atoms with van der Waals surface area (Å²) in [6.07, 6.45) is 0.614. The number of carbonyl (C=O) groups excluding carboxylic acids is 2. The lowest BCUT2D eigenvalue weighted by Crippen LogP contribution is -2.38. The second kappa shape index (κ2) is 9.61. The normalized spacial score (nSPS) is 11.6. The zero-order valence-corrected chi connectivity index (χ0v) is 14.1. The third kappa shape index (κ3) is 5.62. The molecule has 0 aliphatic carbocycles. The van der Waals surface area contributed by atoms with E-state index in [1.54, 1.807) is 14.0 Å². The molecule has 0 aromatic heterocycles. The van der Waals surface area contributed by atoms with Gasteiger partial charge < -0.3 is 14.4 Å². The van der Waals surface area contributed by atoms with Crippen molar-refractivity contribution in [2.75, 3.05) is 33.9 Å². The summed E-state index contributed by atoms with van der Waals surface area (Å²) in [7, 11) is 2.87. The van der Waals surface area contributed by atoms with Crippen molar-refractivity contribution in [1.29, 1.82) is 0 Å². The first-order valence-electron chi connectivity index (χ1n) is 7.51. The van der Waals surface area contributed by atoms with Crippen LogP contribution in [0, 0.1) is 16.0 Å². The molecule has 1 atom stereocenters. The molecule has 0 aliphatic rings. The Morgan fingerprint density at radius 3 is 2.38 bits per heavy atom. The van der Waals surface area contributed by atoms with Crippen LogP contribution in [-0.2, 0) is 14.3 Å². The minimum Gasteiger partial charge on any atom is -0.469 e. The number of hydrogen-bond acceptors (Lipinski definition) is 6. The predicted molar refractivity (Wildman–Crippen MR) is 86.7 cm³/mol. The van der Waals surface area contributed by atoms with Gasteiger partial charge in [0.25, 0.3) is 11.6 Å². The number of nitro benzene ring substituents is 1. The second-order valence-electron chi connectivity index (χ2n) is 5.33. The maximum atomic E-state index is 12.6. The fraction of sp³-hybridized carbons (Fsp3) is 0.500. The lowest BCUT2D eigenvalue weighted by molar-refractivity contribution is -0.384. The summed E-state index contributed by atoms with van der Waals surface area (Å²) in [6, 6.07) is 5.38. The van der Waals surface area contributed by atoms with Crippen molar-refractivity contribution in [3.63, 3.8) is 0 Å². The molecule has 0 radical (unpaired) electrons. The minimum absolute atomic E-state index is 0.0830. The Kier molecular flexibility index (Phi) is 7.84. The molecule has 0 saturated carbocycles. The number of carbonyl (C=O) groups is 2. The monoisotopic (exact) mass is 338 g/mol. The van der Waals surface area contributed by atoms with Gasteiger partial charge in [0.15, 0.2) is 0 Å². The number of non-ortho nitro benzene ring substituents is 1. The van der Waals surface area contributed by atoms with E-state index in [1.807, 2.05) is 0 Å². The van der Waals surface area contributed by atoms with E-state index in [2.05, 4.69) is 4.74 Å². The van der Waals surface area contributed by atoms with Gasteiger partial charge in [-0.3, -0.25) is 19.7 Å². The predicted octanol–water partition coefficient (Wildman–Crippen LogP) is 1.88. The van der Waals surface area contributed by atoms with Gasteiger partial charge in [0.2, 0.25) is 0 Å². The average Bonchev–Trinajstić information content (AvgIpc) is 2.59. The summed E-state index contributed by atoms with van der Waals surface area (Å²) >= 11 is 0. The van der Waals surface area contributed by atoms with E-state index in [0.717, 1.165) is 0 Å². The summed E-state index contributed by atoms with van der Waals surface area (Å²) in [5, 5.41) is 10.7. The van der Waals surface area contributed by atoms with Gasteiger partial charge >= 0.3 is 5.97 Å². The number of hydrogen-bond donors (Lipinski definition) is 0. The maximum absolute atomic E-state index is 12.6. The van der Waals surface area contributed by atoms with Crippen LogP contribution in [-0.4, -0.2) is 55.6 Å². The van der Waals surface area contributed by atoms with E-state index < -0.39 is 16.8 Å². The van der Waals surface area contributed by atoms with Crippen LogP contribution in [0.15, 0.2) is 24.3 Å². The van der Waals surface area contributed by atoms with Crippen molar-refractivity contribution in [3.05, 3.63) is 39.9 Å². The summed E-state index contributed by atoms with van der Waals surface area (Å²) in [6.45, 7) is 2.77. The average molecular weight is 338 g/mol. The van der Waals surface area contributed by atoms with Crippen LogP contribution in [0.3, 0.4) is 0 Å². The molecular formula is C16H22N2O6. The molecule has 1 aromatic carbocycles. The first-order valence-corrected chi connectivity index (χ1v) is 7.51. The third-order valence-electron chi connectivity index (χ3n) is 3.49. The zero-order valence-electron chi connectivity index (χ0n) is 14.1. The third-order valence-corrected chi connectivity index (χ3v) is 3.49. The summed E-state index contributed by atoms with van der Waals surface area (Å²) in [5.74, 6) is -1.17. The van der Waals surface area contributed by atoms with Crippen molar-refractivity contribution in [3.8, 4) is 0 Å². The van der Waals surface area contributed by atoms with Crippen LogP contribution in [0.4, 0.5) is 5.69 Å². The minimum atomic E-state index is -0.524. The Hall–Kier alpha value is -2.48. The van der Waals surface area contributed by atoms with Gasteiger partial charge in [0, 0.05) is 44.5 Å². The summed E-state index contributed by atoms with van der Waals surface area (Å²) in [4.78, 5) is 35.9. The Bertz CT molecular complexity index is 572. The van der Waals surface area contributed by atoms with E-state index >= 15 is 0 Å². The van der Waals surface area contributed by atoms with Gasteiger partial charge in [-0.15, -0.1) is 0 Å².